The van der Waals surface area contributed by atoms with Gasteiger partial charge in [-0.1, -0.05) is 35.9 Å². The normalized spacial score (nSPS) is 16.8. The molecule has 148 valence electrons. The largest absolute Gasteiger partial charge is 0.504 e. The Kier molecular flexibility index (Phi) is 5.65. The highest BCUT2D eigenvalue weighted by atomic mass is 35.5. The van der Waals surface area contributed by atoms with Crippen molar-refractivity contribution in [1.82, 2.24) is 5.32 Å². The topological polar surface area (TPSA) is 113 Å². The molecule has 2 N–H and O–H groups in total. The number of urea groups is 1. The summed E-state index contributed by atoms with van der Waals surface area (Å²) in [5.41, 5.74) is 0.505. The van der Waals surface area contributed by atoms with E-state index in [9.17, 15) is 24.3 Å². The number of rotatable bonds is 5. The zero-order valence-electron chi connectivity index (χ0n) is 15.1. The summed E-state index contributed by atoms with van der Waals surface area (Å²) >= 11 is 6.04. The molecule has 29 heavy (non-hydrogen) atoms. The Hall–Kier alpha value is -3.65. The molecule has 4 amide bonds. The highest BCUT2D eigenvalue weighted by Gasteiger charge is 2.45. The number of nitrogens with zero attached hydrogens (tertiary/aromatic N) is 1. The number of hydrogen-bond donors (Lipinski definition) is 2. The molecule has 1 aliphatic heterocycles. The molecule has 1 fully saturated rings. The van der Waals surface area contributed by atoms with Gasteiger partial charge in [-0.05, 0) is 35.9 Å². The smallest absolute Gasteiger partial charge is 0.335 e. The molecule has 1 aliphatic rings. The second-order valence-corrected chi connectivity index (χ2v) is 6.43. The van der Waals surface area contributed by atoms with Gasteiger partial charge in [0, 0.05) is 0 Å². The molecular weight excluding hydrogens is 400 g/mol. The van der Waals surface area contributed by atoms with Gasteiger partial charge in [-0.25, -0.2) is 9.69 Å². The van der Waals surface area contributed by atoms with Crippen molar-refractivity contribution in [2.75, 3.05) is 12.0 Å². The van der Waals surface area contributed by atoms with E-state index in [0.717, 1.165) is 6.08 Å². The van der Waals surface area contributed by atoms with E-state index >= 15 is 0 Å². The number of allylic oxidation sites excluding steroid dienone is 1. The van der Waals surface area contributed by atoms with E-state index in [1.54, 1.807) is 18.2 Å². The maximum absolute atomic E-state index is 12.8. The predicted octanol–water partition coefficient (Wildman–Crippen LogP) is 2.54. The summed E-state index contributed by atoms with van der Waals surface area (Å²) in [5.74, 6) is -4.47. The maximum Gasteiger partial charge on any atom is 0.335 e. The van der Waals surface area contributed by atoms with E-state index in [1.807, 2.05) is 5.32 Å². The minimum absolute atomic E-state index is 0.0611. The van der Waals surface area contributed by atoms with Crippen LogP contribution in [-0.2, 0) is 14.4 Å². The van der Waals surface area contributed by atoms with Gasteiger partial charge in [0.15, 0.2) is 23.2 Å². The Morgan fingerprint density at radius 2 is 1.93 bits per heavy atom. The minimum atomic E-state index is -1.74. The number of carbonyl (C=O) groups excluding carboxylic acids is 4. The van der Waals surface area contributed by atoms with Crippen molar-refractivity contribution in [3.63, 3.8) is 0 Å². The molecule has 1 unspecified atom stereocenters. The standard InChI is InChI=1S/C20H15ClN2O6/c1-29-16-9-7-11(10-15(16)25)6-8-14(24)17-18(26)22-20(28)23(19(17)27)13-5-3-2-4-12(13)21/h2-10,17,25H,1H3,(H,22,26,28)/b8-6+. The van der Waals surface area contributed by atoms with Gasteiger partial charge in [0.05, 0.1) is 17.8 Å². The van der Waals surface area contributed by atoms with Gasteiger partial charge in [-0.3, -0.25) is 19.7 Å². The summed E-state index contributed by atoms with van der Waals surface area (Å²) in [7, 11) is 1.40. The number of para-hydroxylation sites is 1. The molecule has 2 aromatic carbocycles. The van der Waals surface area contributed by atoms with Crippen molar-refractivity contribution in [1.29, 1.82) is 0 Å². The number of benzene rings is 2. The molecule has 0 spiro atoms. The van der Waals surface area contributed by atoms with Crippen LogP contribution < -0.4 is 15.0 Å². The number of hydrogen-bond acceptors (Lipinski definition) is 6. The highest BCUT2D eigenvalue weighted by molar-refractivity contribution is 6.39. The van der Waals surface area contributed by atoms with Crippen LogP contribution in [-0.4, -0.2) is 35.8 Å². The molecule has 0 saturated carbocycles. The number of barbiturate groups is 1. The number of carbonyl (C=O) groups is 4. The minimum Gasteiger partial charge on any atom is -0.504 e. The van der Waals surface area contributed by atoms with Crippen LogP contribution in [0.1, 0.15) is 5.56 Å². The molecule has 0 radical (unpaired) electrons. The van der Waals surface area contributed by atoms with Gasteiger partial charge < -0.3 is 9.84 Å². The highest BCUT2D eigenvalue weighted by Crippen LogP contribution is 2.29. The van der Waals surface area contributed by atoms with Crippen molar-refractivity contribution in [3.8, 4) is 11.5 Å². The third-order valence-corrected chi connectivity index (χ3v) is 4.50. The number of ether oxygens (including phenoxy) is 1. The van der Waals surface area contributed by atoms with Crippen LogP contribution in [0.2, 0.25) is 5.02 Å². The number of ketones is 1. The lowest BCUT2D eigenvalue weighted by Crippen LogP contribution is -2.60. The average Bonchev–Trinajstić information content (AvgIpc) is 2.67. The third-order valence-electron chi connectivity index (χ3n) is 4.18. The van der Waals surface area contributed by atoms with Crippen LogP contribution in [0.5, 0.6) is 11.5 Å². The van der Waals surface area contributed by atoms with E-state index in [1.165, 1.54) is 37.5 Å². The summed E-state index contributed by atoms with van der Waals surface area (Å²) in [4.78, 5) is 50.3. The SMILES string of the molecule is COc1ccc(/C=C/C(=O)C2C(=O)NC(=O)N(c3ccccc3Cl)C2=O)cc1O. The second-order valence-electron chi connectivity index (χ2n) is 6.02. The molecular formula is C20H15ClN2O6. The number of methoxy groups -OCH3 is 1. The number of halogens is 1. The lowest BCUT2D eigenvalue weighted by atomic mass is 9.98. The average molecular weight is 415 g/mol. The van der Waals surface area contributed by atoms with Crippen molar-refractivity contribution in [2.45, 2.75) is 0 Å². The Bertz CT molecular complexity index is 1050. The zero-order chi connectivity index (χ0) is 21.1. The number of anilines is 1. The first-order valence-electron chi connectivity index (χ1n) is 8.35. The van der Waals surface area contributed by atoms with Gasteiger partial charge in [0.2, 0.25) is 5.91 Å². The van der Waals surface area contributed by atoms with E-state index < -0.39 is 29.5 Å². The number of phenolic OH excluding ortho intramolecular Hbond substituents is 1. The van der Waals surface area contributed by atoms with Crippen molar-refractivity contribution < 1.29 is 29.0 Å². The van der Waals surface area contributed by atoms with Crippen LogP contribution in [0.4, 0.5) is 10.5 Å². The fourth-order valence-electron chi connectivity index (χ4n) is 2.77. The number of phenols is 1. The lowest BCUT2D eigenvalue weighted by molar-refractivity contribution is -0.139. The second kappa shape index (κ2) is 8.15. The Morgan fingerprint density at radius 1 is 1.21 bits per heavy atom. The molecule has 1 atom stereocenters. The molecule has 8 nitrogen and oxygen atoms in total. The summed E-state index contributed by atoms with van der Waals surface area (Å²) in [6, 6.07) is 9.50. The number of amides is 4. The first-order valence-corrected chi connectivity index (χ1v) is 8.73. The molecule has 0 bridgehead atoms. The first-order chi connectivity index (χ1) is 13.8. The van der Waals surface area contributed by atoms with Gasteiger partial charge >= 0.3 is 6.03 Å². The van der Waals surface area contributed by atoms with Crippen LogP contribution in [0.25, 0.3) is 6.08 Å². The van der Waals surface area contributed by atoms with Crippen LogP contribution in [0.15, 0.2) is 48.5 Å². The molecule has 9 heteroatoms. The summed E-state index contributed by atoms with van der Waals surface area (Å²) in [6.07, 6.45) is 2.36. The maximum atomic E-state index is 12.8. The lowest BCUT2D eigenvalue weighted by Gasteiger charge is -2.29. The number of nitrogens with one attached hydrogen (secondary N) is 1. The van der Waals surface area contributed by atoms with Gasteiger partial charge in [-0.2, -0.15) is 0 Å². The predicted molar refractivity (Wildman–Crippen MR) is 105 cm³/mol. The van der Waals surface area contributed by atoms with Crippen molar-refractivity contribution >= 4 is 47.0 Å². The van der Waals surface area contributed by atoms with Gasteiger partial charge in [-0.15, -0.1) is 0 Å². The van der Waals surface area contributed by atoms with Gasteiger partial charge in [0.1, 0.15) is 0 Å². The summed E-state index contributed by atoms with van der Waals surface area (Å²) in [5, 5.41) is 11.9. The molecule has 3 rings (SSSR count). The Morgan fingerprint density at radius 3 is 2.59 bits per heavy atom. The third kappa shape index (κ3) is 3.97. The zero-order valence-corrected chi connectivity index (χ0v) is 15.8. The van der Waals surface area contributed by atoms with E-state index in [-0.39, 0.29) is 22.2 Å². The quantitative estimate of drug-likeness (QED) is 0.574. The van der Waals surface area contributed by atoms with Crippen molar-refractivity contribution in [2.24, 2.45) is 5.92 Å². The summed E-state index contributed by atoms with van der Waals surface area (Å²) < 4.78 is 4.94. The van der Waals surface area contributed by atoms with Crippen LogP contribution in [0, 0.1) is 5.92 Å². The first kappa shape index (κ1) is 20.1. The molecule has 1 heterocycles. The van der Waals surface area contributed by atoms with Gasteiger partial charge in [0.25, 0.3) is 5.91 Å². The molecule has 1 saturated heterocycles. The fraction of sp³-hybridized carbons (Fsp3) is 0.100. The van der Waals surface area contributed by atoms with E-state index in [2.05, 4.69) is 0 Å². The fourth-order valence-corrected chi connectivity index (χ4v) is 2.99. The monoisotopic (exact) mass is 414 g/mol. The van der Waals surface area contributed by atoms with Crippen molar-refractivity contribution in [3.05, 3.63) is 59.1 Å². The number of imide groups is 2. The molecule has 2 aromatic rings. The van der Waals surface area contributed by atoms with E-state index in [4.69, 9.17) is 16.3 Å². The Balaban J connectivity index is 1.86. The molecule has 0 aromatic heterocycles. The Labute approximate surface area is 170 Å². The molecule has 0 aliphatic carbocycles. The number of aromatic hydroxyl groups is 1. The van der Waals surface area contributed by atoms with Crippen LogP contribution in [0.3, 0.4) is 0 Å². The van der Waals surface area contributed by atoms with Crippen LogP contribution >= 0.6 is 11.6 Å². The van der Waals surface area contributed by atoms with E-state index in [0.29, 0.717) is 10.5 Å². The summed E-state index contributed by atoms with van der Waals surface area (Å²) in [6.45, 7) is 0.